The average molecular weight is 221 g/mol. The highest BCUT2D eigenvalue weighted by atomic mass is 16.3. The van der Waals surface area contributed by atoms with Crippen LogP contribution >= 0.6 is 0 Å². The Morgan fingerprint density at radius 1 is 0.867 bits per heavy atom. The van der Waals surface area contributed by atoms with Crippen molar-refractivity contribution in [1.29, 1.82) is 0 Å². The van der Waals surface area contributed by atoms with Gasteiger partial charge in [0.15, 0.2) is 0 Å². The minimum absolute atomic E-state index is 0.000000000000000444. The van der Waals surface area contributed by atoms with Crippen LogP contribution in [0.4, 0.5) is 0 Å². The van der Waals surface area contributed by atoms with E-state index in [9.17, 15) is 0 Å². The average Bonchev–Trinajstić information content (AvgIpc) is 2.46. The maximum Gasteiger partial charge on any atom is 0.0814 e. The summed E-state index contributed by atoms with van der Waals surface area (Å²) in [4.78, 5) is 0. The summed E-state index contributed by atoms with van der Waals surface area (Å²) in [6.45, 7) is 0.500. The van der Waals surface area contributed by atoms with Crippen LogP contribution in [-0.2, 0) is 0 Å². The molecule has 0 saturated heterocycles. The Bertz CT molecular complexity index is 131. The van der Waals surface area contributed by atoms with E-state index >= 15 is 0 Å². The van der Waals surface area contributed by atoms with Crippen molar-refractivity contribution in [3.63, 3.8) is 0 Å². The van der Waals surface area contributed by atoms with E-state index in [4.69, 9.17) is 26.2 Å². The van der Waals surface area contributed by atoms with Crippen LogP contribution in [0.3, 0.4) is 0 Å². The van der Waals surface area contributed by atoms with E-state index < -0.39 is 12.2 Å². The molecule has 0 aliphatic heterocycles. The second-order valence-corrected chi connectivity index (χ2v) is 3.87. The van der Waals surface area contributed by atoms with Crippen molar-refractivity contribution < 1.29 is 20.4 Å². The molecule has 0 aromatic heterocycles. The van der Waals surface area contributed by atoms with Gasteiger partial charge in [0.05, 0.1) is 12.2 Å². The van der Waals surface area contributed by atoms with Gasteiger partial charge >= 0.3 is 0 Å². The first-order valence-corrected chi connectivity index (χ1v) is 5.45. The molecule has 1 saturated carbocycles. The van der Waals surface area contributed by atoms with E-state index in [0.717, 1.165) is 19.3 Å². The van der Waals surface area contributed by atoms with Gasteiger partial charge in [0.25, 0.3) is 0 Å². The molecule has 1 fully saturated rings. The molecular formula is C10H23NO4. The lowest BCUT2D eigenvalue weighted by Gasteiger charge is -2.02. The van der Waals surface area contributed by atoms with Gasteiger partial charge in [0.2, 0.25) is 0 Å². The predicted molar refractivity (Wildman–Crippen MR) is 57.2 cm³/mol. The van der Waals surface area contributed by atoms with Crippen LogP contribution in [0.2, 0.25) is 0 Å². The fourth-order valence-corrected chi connectivity index (χ4v) is 1.43. The van der Waals surface area contributed by atoms with Crippen molar-refractivity contribution in [2.24, 2.45) is 5.73 Å². The highest BCUT2D eigenvalue weighted by molar-refractivity contribution is 4.84. The van der Waals surface area contributed by atoms with E-state index in [2.05, 4.69) is 0 Å². The van der Waals surface area contributed by atoms with Crippen LogP contribution in [-0.4, -0.2) is 51.9 Å². The molecule has 2 atom stereocenters. The Morgan fingerprint density at radius 3 is 1.47 bits per heavy atom. The maximum atomic E-state index is 8.84. The van der Waals surface area contributed by atoms with Crippen molar-refractivity contribution in [3.05, 3.63) is 0 Å². The monoisotopic (exact) mass is 221 g/mol. The second-order valence-electron chi connectivity index (χ2n) is 3.87. The molecule has 0 aromatic carbocycles. The molecule has 0 heterocycles. The second kappa shape index (κ2) is 9.06. The van der Waals surface area contributed by atoms with E-state index in [-0.39, 0.29) is 19.3 Å². The summed E-state index contributed by atoms with van der Waals surface area (Å²) in [5, 5.41) is 34.1. The standard InChI is InChI=1S/C5H11NO2.C5H12O2/c6-3-1-4(7)5(8)2-3;6-4-2-1-3-5-7/h3-5,7-8H,1-2,6H2;6-7H,1-5H2. The zero-order chi connectivity index (χ0) is 11.7. The molecule has 15 heavy (non-hydrogen) atoms. The van der Waals surface area contributed by atoms with Gasteiger partial charge in [-0.15, -0.1) is 0 Å². The molecule has 2 unspecified atom stereocenters. The van der Waals surface area contributed by atoms with E-state index in [1.807, 2.05) is 0 Å². The number of rotatable bonds is 4. The van der Waals surface area contributed by atoms with E-state index in [1.54, 1.807) is 0 Å². The van der Waals surface area contributed by atoms with Gasteiger partial charge in [-0.1, -0.05) is 0 Å². The van der Waals surface area contributed by atoms with Crippen LogP contribution < -0.4 is 5.73 Å². The fourth-order valence-electron chi connectivity index (χ4n) is 1.43. The summed E-state index contributed by atoms with van der Waals surface area (Å²) in [6, 6.07) is -0.000000000000000444. The molecule has 6 N–H and O–H groups in total. The molecule has 5 nitrogen and oxygen atoms in total. The zero-order valence-electron chi connectivity index (χ0n) is 9.05. The molecule has 5 heteroatoms. The minimum atomic E-state index is -0.579. The Kier molecular flexibility index (Phi) is 8.94. The number of aliphatic hydroxyl groups excluding tert-OH is 4. The highest BCUT2D eigenvalue weighted by Gasteiger charge is 2.28. The molecule has 0 aromatic rings. The van der Waals surface area contributed by atoms with Crippen molar-refractivity contribution in [3.8, 4) is 0 Å². The molecule has 1 aliphatic rings. The maximum absolute atomic E-state index is 8.84. The summed E-state index contributed by atoms with van der Waals surface area (Å²) in [6.07, 6.45) is 2.51. The SMILES string of the molecule is NC1CC(O)C(O)C1.OCCCCCO. The van der Waals surface area contributed by atoms with Crippen LogP contribution in [0.15, 0.2) is 0 Å². The quantitative estimate of drug-likeness (QED) is 0.390. The largest absolute Gasteiger partial charge is 0.396 e. The van der Waals surface area contributed by atoms with Crippen molar-refractivity contribution in [2.75, 3.05) is 13.2 Å². The van der Waals surface area contributed by atoms with Gasteiger partial charge in [-0.3, -0.25) is 0 Å². The lowest BCUT2D eigenvalue weighted by Crippen LogP contribution is -2.17. The van der Waals surface area contributed by atoms with Crippen LogP contribution in [0.25, 0.3) is 0 Å². The van der Waals surface area contributed by atoms with Gasteiger partial charge < -0.3 is 26.2 Å². The molecule has 0 amide bonds. The van der Waals surface area contributed by atoms with Crippen molar-refractivity contribution in [1.82, 2.24) is 0 Å². The summed E-state index contributed by atoms with van der Waals surface area (Å²) >= 11 is 0. The molecule has 1 rings (SSSR count). The number of hydrogen-bond acceptors (Lipinski definition) is 5. The normalized spacial score (nSPS) is 29.8. The topological polar surface area (TPSA) is 107 Å². The Morgan fingerprint density at radius 2 is 1.27 bits per heavy atom. The molecule has 92 valence electrons. The van der Waals surface area contributed by atoms with Crippen LogP contribution in [0.1, 0.15) is 32.1 Å². The van der Waals surface area contributed by atoms with Crippen molar-refractivity contribution in [2.45, 2.75) is 50.4 Å². The number of hydrogen-bond donors (Lipinski definition) is 5. The van der Waals surface area contributed by atoms with Crippen molar-refractivity contribution >= 4 is 0 Å². The first kappa shape index (κ1) is 14.8. The number of unbranched alkanes of at least 4 members (excludes halogenated alkanes) is 2. The summed E-state index contributed by atoms with van der Waals surface area (Å²) in [7, 11) is 0. The summed E-state index contributed by atoms with van der Waals surface area (Å²) in [5.41, 5.74) is 5.40. The summed E-state index contributed by atoms with van der Waals surface area (Å²) in [5.74, 6) is 0. The third-order valence-electron chi connectivity index (χ3n) is 2.35. The van der Waals surface area contributed by atoms with E-state index in [0.29, 0.717) is 12.8 Å². The molecule has 1 aliphatic carbocycles. The van der Waals surface area contributed by atoms with Crippen LogP contribution in [0, 0.1) is 0 Å². The molecule has 0 spiro atoms. The third-order valence-corrected chi connectivity index (χ3v) is 2.35. The number of nitrogens with two attached hydrogens (primary N) is 1. The molecule has 0 bridgehead atoms. The van der Waals surface area contributed by atoms with Crippen LogP contribution in [0.5, 0.6) is 0 Å². The van der Waals surface area contributed by atoms with Gasteiger partial charge in [-0.05, 0) is 32.1 Å². The van der Waals surface area contributed by atoms with Gasteiger partial charge in [-0.25, -0.2) is 0 Å². The number of aliphatic hydroxyl groups is 4. The Labute approximate surface area is 90.5 Å². The first-order chi connectivity index (χ1) is 7.11. The van der Waals surface area contributed by atoms with E-state index in [1.165, 1.54) is 0 Å². The fraction of sp³-hybridized carbons (Fsp3) is 1.00. The summed E-state index contributed by atoms with van der Waals surface area (Å²) < 4.78 is 0. The smallest absolute Gasteiger partial charge is 0.0814 e. The Balaban J connectivity index is 0.000000265. The van der Waals surface area contributed by atoms with Gasteiger partial charge in [-0.2, -0.15) is 0 Å². The Hall–Kier alpha value is -0.200. The first-order valence-electron chi connectivity index (χ1n) is 5.45. The molecular weight excluding hydrogens is 198 g/mol. The van der Waals surface area contributed by atoms with Gasteiger partial charge in [0.1, 0.15) is 0 Å². The van der Waals surface area contributed by atoms with Gasteiger partial charge in [0, 0.05) is 19.3 Å². The minimum Gasteiger partial charge on any atom is -0.396 e. The lowest BCUT2D eigenvalue weighted by atomic mass is 10.2. The molecule has 0 radical (unpaired) electrons. The zero-order valence-corrected chi connectivity index (χ0v) is 9.05. The lowest BCUT2D eigenvalue weighted by molar-refractivity contribution is 0.0438. The highest BCUT2D eigenvalue weighted by Crippen LogP contribution is 2.17. The predicted octanol–water partition coefficient (Wildman–Crippen LogP) is -1.03. The third kappa shape index (κ3) is 7.70.